The highest BCUT2D eigenvalue weighted by atomic mass is 32.1. The highest BCUT2D eigenvalue weighted by Gasteiger charge is 2.20. The minimum atomic E-state index is -0.962. The van der Waals surface area contributed by atoms with Crippen LogP contribution in [0.1, 0.15) is 60.6 Å². The number of benzene rings is 1. The lowest BCUT2D eigenvalue weighted by Crippen LogP contribution is -1.99. The monoisotopic (exact) mass is 289 g/mol. The second-order valence-corrected chi connectivity index (χ2v) is 6.50. The van der Waals surface area contributed by atoms with Gasteiger partial charge in [0.1, 0.15) is 0 Å². The smallest absolute Gasteiger partial charge is 0.356 e. The molecule has 1 aromatic carbocycles. The van der Waals surface area contributed by atoms with Crippen LogP contribution in [0.3, 0.4) is 0 Å². The van der Waals surface area contributed by atoms with Crippen molar-refractivity contribution in [1.82, 2.24) is 4.98 Å². The summed E-state index contributed by atoms with van der Waals surface area (Å²) < 4.78 is 0. The number of rotatable bonds is 4. The molecule has 0 fully saturated rings. The molecule has 0 unspecified atom stereocenters. The van der Waals surface area contributed by atoms with Crippen LogP contribution in [-0.2, 0) is 0 Å². The molecule has 0 spiro atoms. The number of hydrogen-bond acceptors (Lipinski definition) is 3. The molecule has 20 heavy (non-hydrogen) atoms. The number of hydrogen-bond donors (Lipinski definition) is 1. The number of thiazole rings is 1. The maximum Gasteiger partial charge on any atom is 0.356 e. The Labute approximate surface area is 123 Å². The molecule has 1 heterocycles. The highest BCUT2D eigenvalue weighted by Crippen LogP contribution is 2.34. The average molecular weight is 289 g/mol. The first-order valence-corrected chi connectivity index (χ1v) is 7.56. The van der Waals surface area contributed by atoms with Crippen LogP contribution in [0.25, 0.3) is 10.4 Å². The SMILES string of the molecule is CC(C)c1ccc(-c2sc(C(C)C)nc2C(=O)O)cc1. The van der Waals surface area contributed by atoms with Gasteiger partial charge in [0, 0.05) is 5.92 Å². The van der Waals surface area contributed by atoms with E-state index >= 15 is 0 Å². The zero-order valence-electron chi connectivity index (χ0n) is 12.2. The Morgan fingerprint density at radius 1 is 1.10 bits per heavy atom. The molecule has 1 N–H and O–H groups in total. The summed E-state index contributed by atoms with van der Waals surface area (Å²) in [6.45, 7) is 8.33. The number of carboxylic acid groups (broad SMARTS) is 1. The van der Waals surface area contributed by atoms with Crippen LogP contribution in [0.4, 0.5) is 0 Å². The highest BCUT2D eigenvalue weighted by molar-refractivity contribution is 7.15. The van der Waals surface area contributed by atoms with Crippen molar-refractivity contribution in [2.45, 2.75) is 39.5 Å². The first-order chi connectivity index (χ1) is 9.40. The fourth-order valence-electron chi connectivity index (χ4n) is 1.94. The van der Waals surface area contributed by atoms with Crippen LogP contribution in [0.2, 0.25) is 0 Å². The van der Waals surface area contributed by atoms with Crippen molar-refractivity contribution in [3.05, 3.63) is 40.5 Å². The largest absolute Gasteiger partial charge is 0.476 e. The summed E-state index contributed by atoms with van der Waals surface area (Å²) in [6, 6.07) is 8.08. The Bertz CT molecular complexity index is 612. The lowest BCUT2D eigenvalue weighted by Gasteiger charge is -2.06. The Kier molecular flexibility index (Phi) is 4.23. The molecule has 3 nitrogen and oxygen atoms in total. The molecule has 0 saturated heterocycles. The minimum Gasteiger partial charge on any atom is -0.476 e. The van der Waals surface area contributed by atoms with Gasteiger partial charge in [-0.05, 0) is 17.0 Å². The van der Waals surface area contributed by atoms with E-state index in [1.54, 1.807) is 0 Å². The molecule has 106 valence electrons. The Morgan fingerprint density at radius 2 is 1.70 bits per heavy atom. The van der Waals surface area contributed by atoms with Gasteiger partial charge in [0.25, 0.3) is 0 Å². The van der Waals surface area contributed by atoms with Crippen LogP contribution in [0.5, 0.6) is 0 Å². The second kappa shape index (κ2) is 5.75. The van der Waals surface area contributed by atoms with Gasteiger partial charge in [0.05, 0.1) is 9.88 Å². The van der Waals surface area contributed by atoms with E-state index in [1.165, 1.54) is 16.9 Å². The van der Waals surface area contributed by atoms with Crippen molar-refractivity contribution in [3.8, 4) is 10.4 Å². The predicted octanol–water partition coefficient (Wildman–Crippen LogP) is 4.76. The second-order valence-electron chi connectivity index (χ2n) is 5.47. The van der Waals surface area contributed by atoms with E-state index in [-0.39, 0.29) is 11.6 Å². The van der Waals surface area contributed by atoms with Crippen molar-refractivity contribution in [2.24, 2.45) is 0 Å². The Hall–Kier alpha value is -1.68. The fraction of sp³-hybridized carbons (Fsp3) is 0.375. The summed E-state index contributed by atoms with van der Waals surface area (Å²) in [7, 11) is 0. The van der Waals surface area contributed by atoms with E-state index in [9.17, 15) is 9.90 Å². The number of aromatic nitrogens is 1. The topological polar surface area (TPSA) is 50.2 Å². The molecule has 0 aliphatic carbocycles. The summed E-state index contributed by atoms with van der Waals surface area (Å²) in [5, 5.41) is 10.2. The molecular weight excluding hydrogens is 270 g/mol. The van der Waals surface area contributed by atoms with Crippen LogP contribution < -0.4 is 0 Å². The van der Waals surface area contributed by atoms with Crippen LogP contribution >= 0.6 is 11.3 Å². The van der Waals surface area contributed by atoms with E-state index in [1.807, 2.05) is 26.0 Å². The van der Waals surface area contributed by atoms with E-state index in [0.717, 1.165) is 15.4 Å². The third-order valence-electron chi connectivity index (χ3n) is 3.18. The van der Waals surface area contributed by atoms with Crippen LogP contribution in [0.15, 0.2) is 24.3 Å². The van der Waals surface area contributed by atoms with Gasteiger partial charge < -0.3 is 5.11 Å². The lowest BCUT2D eigenvalue weighted by atomic mass is 10.0. The van der Waals surface area contributed by atoms with Gasteiger partial charge in [-0.25, -0.2) is 9.78 Å². The van der Waals surface area contributed by atoms with Gasteiger partial charge in [-0.3, -0.25) is 0 Å². The van der Waals surface area contributed by atoms with Crippen molar-refractivity contribution in [2.75, 3.05) is 0 Å². The van der Waals surface area contributed by atoms with Crippen molar-refractivity contribution < 1.29 is 9.90 Å². The van der Waals surface area contributed by atoms with Crippen molar-refractivity contribution >= 4 is 17.3 Å². The first kappa shape index (κ1) is 14.7. The van der Waals surface area contributed by atoms with Crippen LogP contribution in [0, 0.1) is 0 Å². The normalized spacial score (nSPS) is 11.3. The van der Waals surface area contributed by atoms with Gasteiger partial charge in [-0.15, -0.1) is 11.3 Å². The summed E-state index contributed by atoms with van der Waals surface area (Å²) in [4.78, 5) is 16.4. The summed E-state index contributed by atoms with van der Waals surface area (Å²) in [5.41, 5.74) is 2.34. The number of carbonyl (C=O) groups is 1. The third kappa shape index (κ3) is 2.90. The minimum absolute atomic E-state index is 0.163. The zero-order chi connectivity index (χ0) is 14.9. The molecule has 0 radical (unpaired) electrons. The molecule has 0 aliphatic heterocycles. The van der Waals surface area contributed by atoms with Gasteiger partial charge >= 0.3 is 5.97 Å². The molecule has 0 aliphatic rings. The van der Waals surface area contributed by atoms with E-state index in [2.05, 4.69) is 31.0 Å². The molecule has 1 aromatic heterocycles. The number of aromatic carboxylic acids is 1. The van der Waals surface area contributed by atoms with Gasteiger partial charge in [0.15, 0.2) is 5.69 Å². The van der Waals surface area contributed by atoms with Crippen LogP contribution in [-0.4, -0.2) is 16.1 Å². The molecule has 0 atom stereocenters. The van der Waals surface area contributed by atoms with Gasteiger partial charge in [-0.1, -0.05) is 52.0 Å². The molecule has 2 aromatic rings. The molecule has 2 rings (SSSR count). The van der Waals surface area contributed by atoms with Crippen molar-refractivity contribution in [1.29, 1.82) is 0 Å². The summed E-state index contributed by atoms with van der Waals surface area (Å²) in [6.07, 6.45) is 0. The number of carboxylic acids is 1. The first-order valence-electron chi connectivity index (χ1n) is 6.74. The lowest BCUT2D eigenvalue weighted by molar-refractivity contribution is 0.0692. The third-order valence-corrected chi connectivity index (χ3v) is 4.58. The van der Waals surface area contributed by atoms with E-state index in [4.69, 9.17) is 0 Å². The molecule has 0 bridgehead atoms. The average Bonchev–Trinajstić information content (AvgIpc) is 2.84. The van der Waals surface area contributed by atoms with E-state index < -0.39 is 5.97 Å². The van der Waals surface area contributed by atoms with Crippen molar-refractivity contribution in [3.63, 3.8) is 0 Å². The molecule has 0 amide bonds. The zero-order valence-corrected chi connectivity index (χ0v) is 13.0. The fourth-order valence-corrected chi connectivity index (χ4v) is 3.01. The molecular formula is C16H19NO2S. The maximum atomic E-state index is 11.4. The number of nitrogens with zero attached hydrogens (tertiary/aromatic N) is 1. The summed E-state index contributed by atoms with van der Waals surface area (Å²) >= 11 is 1.47. The van der Waals surface area contributed by atoms with Gasteiger partial charge in [0.2, 0.25) is 0 Å². The Balaban J connectivity index is 2.48. The van der Waals surface area contributed by atoms with E-state index in [0.29, 0.717) is 5.92 Å². The summed E-state index contributed by atoms with van der Waals surface area (Å²) in [5.74, 6) is -0.256. The van der Waals surface area contributed by atoms with Gasteiger partial charge in [-0.2, -0.15) is 0 Å². The molecule has 4 heteroatoms. The standard InChI is InChI=1S/C16H19NO2S/c1-9(2)11-5-7-12(8-6-11)14-13(16(18)19)17-15(20-14)10(3)4/h5-10H,1-4H3,(H,18,19). The predicted molar refractivity (Wildman–Crippen MR) is 82.7 cm³/mol. The quantitative estimate of drug-likeness (QED) is 0.883. The molecule has 0 saturated carbocycles. The Morgan fingerprint density at radius 3 is 2.15 bits per heavy atom. The maximum absolute atomic E-state index is 11.4.